The topological polar surface area (TPSA) is 101 Å². The molecular formula is C13H13ClN2O5. The third kappa shape index (κ3) is 3.13. The molecule has 7 nitrogen and oxygen atoms in total. The lowest BCUT2D eigenvalue weighted by molar-refractivity contribution is -0.385. The Hall–Kier alpha value is -2.15. The second-order valence-electron chi connectivity index (χ2n) is 4.82. The van der Waals surface area contributed by atoms with Crippen LogP contribution in [0, 0.1) is 16.0 Å². The molecule has 1 N–H and O–H groups in total. The maximum Gasteiger partial charge on any atom is 0.308 e. The van der Waals surface area contributed by atoms with E-state index in [1.807, 2.05) is 0 Å². The van der Waals surface area contributed by atoms with Crippen molar-refractivity contribution in [3.8, 4) is 0 Å². The summed E-state index contributed by atoms with van der Waals surface area (Å²) in [5.41, 5.74) is -0.555. The average molecular weight is 313 g/mol. The van der Waals surface area contributed by atoms with E-state index >= 15 is 0 Å². The maximum atomic E-state index is 12.4. The van der Waals surface area contributed by atoms with Gasteiger partial charge in [-0.1, -0.05) is 17.7 Å². The van der Waals surface area contributed by atoms with Gasteiger partial charge < -0.3 is 10.0 Å². The molecule has 1 aromatic rings. The molecule has 1 aliphatic heterocycles. The monoisotopic (exact) mass is 312 g/mol. The third-order valence-corrected chi connectivity index (χ3v) is 3.76. The van der Waals surface area contributed by atoms with Gasteiger partial charge in [-0.05, 0) is 25.0 Å². The number of para-hydroxylation sites is 1. The molecular weight excluding hydrogens is 300 g/mol. The lowest BCUT2D eigenvalue weighted by Gasteiger charge is -2.30. The van der Waals surface area contributed by atoms with Gasteiger partial charge in [-0.25, -0.2) is 0 Å². The van der Waals surface area contributed by atoms with Crippen LogP contribution in [0.15, 0.2) is 18.2 Å². The number of nitrogens with zero attached hydrogens (tertiary/aromatic N) is 2. The van der Waals surface area contributed by atoms with Crippen molar-refractivity contribution in [1.29, 1.82) is 0 Å². The number of carbonyl (C=O) groups excluding carboxylic acids is 1. The number of piperidine rings is 1. The Morgan fingerprint density at radius 3 is 2.76 bits per heavy atom. The molecule has 2 rings (SSSR count). The van der Waals surface area contributed by atoms with E-state index in [1.165, 1.54) is 23.1 Å². The van der Waals surface area contributed by atoms with Crippen LogP contribution < -0.4 is 0 Å². The van der Waals surface area contributed by atoms with Gasteiger partial charge in [0, 0.05) is 13.1 Å². The highest BCUT2D eigenvalue weighted by atomic mass is 35.5. The summed E-state index contributed by atoms with van der Waals surface area (Å²) >= 11 is 5.78. The quantitative estimate of drug-likeness (QED) is 0.681. The molecule has 21 heavy (non-hydrogen) atoms. The lowest BCUT2D eigenvalue weighted by Crippen LogP contribution is -2.42. The first-order valence-corrected chi connectivity index (χ1v) is 6.74. The predicted octanol–water partition coefficient (Wildman–Crippen LogP) is 2.19. The highest BCUT2D eigenvalue weighted by Gasteiger charge is 2.32. The van der Waals surface area contributed by atoms with Gasteiger partial charge in [-0.2, -0.15) is 0 Å². The number of hydrogen-bond donors (Lipinski definition) is 1. The molecule has 1 unspecified atom stereocenters. The van der Waals surface area contributed by atoms with Crippen molar-refractivity contribution in [2.75, 3.05) is 13.1 Å². The number of carboxylic acids is 1. The van der Waals surface area contributed by atoms with Crippen LogP contribution in [0.1, 0.15) is 23.2 Å². The SMILES string of the molecule is O=C(O)C1CCCN(C(=O)c2cccc(Cl)c2[N+](=O)[O-])C1. The molecule has 0 radical (unpaired) electrons. The fraction of sp³-hybridized carbons (Fsp3) is 0.385. The zero-order valence-electron chi connectivity index (χ0n) is 11.0. The minimum absolute atomic E-state index is 0.0534. The summed E-state index contributed by atoms with van der Waals surface area (Å²) in [7, 11) is 0. The van der Waals surface area contributed by atoms with Crippen LogP contribution in [-0.4, -0.2) is 39.9 Å². The van der Waals surface area contributed by atoms with Crippen LogP contribution in [0.4, 0.5) is 5.69 Å². The van der Waals surface area contributed by atoms with Gasteiger partial charge in [0.25, 0.3) is 5.91 Å². The van der Waals surface area contributed by atoms with Gasteiger partial charge in [-0.15, -0.1) is 0 Å². The number of halogens is 1. The molecule has 1 aromatic carbocycles. The highest BCUT2D eigenvalue weighted by molar-refractivity contribution is 6.33. The third-order valence-electron chi connectivity index (χ3n) is 3.46. The van der Waals surface area contributed by atoms with Gasteiger partial charge in [0.2, 0.25) is 0 Å². The summed E-state index contributed by atoms with van der Waals surface area (Å²) in [5, 5.41) is 20.0. The number of rotatable bonds is 3. The van der Waals surface area contributed by atoms with Gasteiger partial charge >= 0.3 is 11.7 Å². The second-order valence-corrected chi connectivity index (χ2v) is 5.23. The number of benzene rings is 1. The van der Waals surface area contributed by atoms with E-state index in [9.17, 15) is 19.7 Å². The van der Waals surface area contributed by atoms with Crippen molar-refractivity contribution in [3.05, 3.63) is 38.9 Å². The van der Waals surface area contributed by atoms with Crippen molar-refractivity contribution >= 4 is 29.2 Å². The molecule has 0 saturated carbocycles. The van der Waals surface area contributed by atoms with Gasteiger partial charge in [0.05, 0.1) is 10.8 Å². The number of aliphatic carboxylic acids is 1. The summed E-state index contributed by atoms with van der Waals surface area (Å²) in [6.07, 6.45) is 1.05. The molecule has 1 aliphatic rings. The molecule has 1 heterocycles. The predicted molar refractivity (Wildman–Crippen MR) is 74.4 cm³/mol. The van der Waals surface area contributed by atoms with Crippen LogP contribution in [0.5, 0.6) is 0 Å². The molecule has 0 aliphatic carbocycles. The van der Waals surface area contributed by atoms with E-state index in [1.54, 1.807) is 0 Å². The molecule has 0 aromatic heterocycles. The zero-order chi connectivity index (χ0) is 15.6. The van der Waals surface area contributed by atoms with Crippen molar-refractivity contribution < 1.29 is 19.6 Å². The number of nitro groups is 1. The summed E-state index contributed by atoms with van der Waals surface area (Å²) in [6, 6.07) is 4.13. The van der Waals surface area contributed by atoms with Crippen molar-refractivity contribution in [3.63, 3.8) is 0 Å². The number of hydrogen-bond acceptors (Lipinski definition) is 4. The first kappa shape index (κ1) is 15.2. The molecule has 1 saturated heterocycles. The maximum absolute atomic E-state index is 12.4. The van der Waals surface area contributed by atoms with E-state index in [0.29, 0.717) is 19.4 Å². The molecule has 0 spiro atoms. The summed E-state index contributed by atoms with van der Waals surface area (Å²) in [4.78, 5) is 35.1. The minimum atomic E-state index is -0.965. The van der Waals surface area contributed by atoms with E-state index in [2.05, 4.69) is 0 Å². The molecule has 112 valence electrons. The second kappa shape index (κ2) is 6.09. The summed E-state index contributed by atoms with van der Waals surface area (Å²) in [6.45, 7) is 0.435. The fourth-order valence-electron chi connectivity index (χ4n) is 2.41. The summed E-state index contributed by atoms with van der Waals surface area (Å²) < 4.78 is 0. The van der Waals surface area contributed by atoms with Crippen molar-refractivity contribution in [1.82, 2.24) is 4.90 Å². The minimum Gasteiger partial charge on any atom is -0.481 e. The Kier molecular flexibility index (Phi) is 4.42. The van der Waals surface area contributed by atoms with Gasteiger partial charge in [-0.3, -0.25) is 19.7 Å². The first-order valence-electron chi connectivity index (χ1n) is 6.36. The smallest absolute Gasteiger partial charge is 0.308 e. The number of likely N-dealkylation sites (tertiary alicyclic amines) is 1. The first-order chi connectivity index (χ1) is 9.91. The van der Waals surface area contributed by atoms with Crippen molar-refractivity contribution in [2.45, 2.75) is 12.8 Å². The van der Waals surface area contributed by atoms with Crippen molar-refractivity contribution in [2.24, 2.45) is 5.92 Å². The Bertz CT molecular complexity index is 604. The van der Waals surface area contributed by atoms with Crippen LogP contribution in [0.3, 0.4) is 0 Å². The molecule has 0 bridgehead atoms. The zero-order valence-corrected chi connectivity index (χ0v) is 11.7. The van der Waals surface area contributed by atoms with Gasteiger partial charge in [0.15, 0.2) is 0 Å². The normalized spacial score (nSPS) is 18.3. The Balaban J connectivity index is 2.30. The number of carbonyl (C=O) groups is 2. The highest BCUT2D eigenvalue weighted by Crippen LogP contribution is 2.30. The van der Waals surface area contributed by atoms with Crippen LogP contribution in [0.2, 0.25) is 5.02 Å². The van der Waals surface area contributed by atoms with Crippen LogP contribution in [-0.2, 0) is 4.79 Å². The average Bonchev–Trinajstić information content (AvgIpc) is 2.45. The molecule has 8 heteroatoms. The van der Waals surface area contributed by atoms with E-state index < -0.39 is 28.4 Å². The Morgan fingerprint density at radius 2 is 2.14 bits per heavy atom. The van der Waals surface area contributed by atoms with E-state index in [0.717, 1.165) is 0 Å². The van der Waals surface area contributed by atoms with Crippen LogP contribution in [0.25, 0.3) is 0 Å². The number of amides is 1. The molecule has 1 amide bonds. The number of nitro benzene ring substituents is 1. The largest absolute Gasteiger partial charge is 0.481 e. The standard InChI is InChI=1S/C13H13ClN2O5/c14-10-5-1-4-9(11(10)16(20)21)12(17)15-6-2-3-8(7-15)13(18)19/h1,4-5,8H,2-3,6-7H2,(H,18,19). The van der Waals surface area contributed by atoms with E-state index in [-0.39, 0.29) is 17.1 Å². The fourth-order valence-corrected chi connectivity index (χ4v) is 2.65. The van der Waals surface area contributed by atoms with E-state index in [4.69, 9.17) is 16.7 Å². The molecule has 1 atom stereocenters. The lowest BCUT2D eigenvalue weighted by atomic mass is 9.97. The number of carboxylic acid groups (broad SMARTS) is 1. The van der Waals surface area contributed by atoms with Gasteiger partial charge in [0.1, 0.15) is 10.6 Å². The summed E-state index contributed by atoms with van der Waals surface area (Å²) in [5.74, 6) is -2.16. The Labute approximate surface area is 125 Å². The molecule has 1 fully saturated rings. The Morgan fingerprint density at radius 1 is 1.43 bits per heavy atom. The van der Waals surface area contributed by atoms with Crippen LogP contribution >= 0.6 is 11.6 Å².